The molecule has 0 unspecified atom stereocenters. The van der Waals surface area contributed by atoms with E-state index in [1.165, 1.54) is 30.4 Å². The predicted molar refractivity (Wildman–Crippen MR) is 93.6 cm³/mol. The van der Waals surface area contributed by atoms with Crippen molar-refractivity contribution in [2.75, 3.05) is 11.6 Å². The van der Waals surface area contributed by atoms with Gasteiger partial charge in [-0.15, -0.1) is 11.8 Å². The minimum atomic E-state index is 0.0530. The lowest BCUT2D eigenvalue weighted by atomic mass is 9.90. The van der Waals surface area contributed by atoms with Gasteiger partial charge in [-0.2, -0.15) is 0 Å². The highest BCUT2D eigenvalue weighted by Crippen LogP contribution is 2.25. The Hall–Kier alpha value is -1.74. The van der Waals surface area contributed by atoms with E-state index in [2.05, 4.69) is 23.5 Å². The predicted octanol–water partition coefficient (Wildman–Crippen LogP) is 4.47. The van der Waals surface area contributed by atoms with Crippen molar-refractivity contribution in [2.45, 2.75) is 37.0 Å². The number of para-hydroxylation sites is 1. The number of rotatable bonds is 4. The number of hydrogen-bond acceptors (Lipinski definition) is 2. The van der Waals surface area contributed by atoms with Crippen LogP contribution >= 0.6 is 11.8 Å². The van der Waals surface area contributed by atoms with Gasteiger partial charge in [-0.25, -0.2) is 0 Å². The molecule has 0 fully saturated rings. The maximum absolute atomic E-state index is 12.3. The van der Waals surface area contributed by atoms with Crippen molar-refractivity contribution in [2.24, 2.45) is 0 Å². The van der Waals surface area contributed by atoms with Gasteiger partial charge in [-0.05, 0) is 60.8 Å². The van der Waals surface area contributed by atoms with Crippen molar-refractivity contribution in [3.8, 4) is 0 Å². The van der Waals surface area contributed by atoms with E-state index in [0.717, 1.165) is 22.6 Å². The summed E-state index contributed by atoms with van der Waals surface area (Å²) in [5.74, 6) is 0.0530. The van der Waals surface area contributed by atoms with Crippen LogP contribution in [0.3, 0.4) is 0 Å². The standard InChI is InChI=1S/C19H21NOS/c1-22-18-9-5-4-8-17(18)20-19(21)13-14-10-11-15-6-2-3-7-16(15)12-14/h4-5,8-12H,2-3,6-7,13H2,1H3,(H,20,21). The molecule has 2 aromatic carbocycles. The molecule has 0 spiro atoms. The highest BCUT2D eigenvalue weighted by molar-refractivity contribution is 7.98. The van der Waals surface area contributed by atoms with E-state index >= 15 is 0 Å². The van der Waals surface area contributed by atoms with Crippen LogP contribution in [-0.2, 0) is 24.1 Å². The number of carbonyl (C=O) groups is 1. The van der Waals surface area contributed by atoms with Gasteiger partial charge in [0.25, 0.3) is 0 Å². The van der Waals surface area contributed by atoms with Gasteiger partial charge in [0.2, 0.25) is 5.91 Å². The molecule has 114 valence electrons. The highest BCUT2D eigenvalue weighted by atomic mass is 32.2. The van der Waals surface area contributed by atoms with E-state index in [0.29, 0.717) is 6.42 Å². The molecule has 0 saturated carbocycles. The number of carbonyl (C=O) groups excluding carboxylic acids is 1. The average Bonchev–Trinajstić information content (AvgIpc) is 2.55. The molecule has 1 amide bonds. The lowest BCUT2D eigenvalue weighted by Gasteiger charge is -2.16. The zero-order chi connectivity index (χ0) is 15.4. The molecule has 0 aromatic heterocycles. The molecule has 0 aliphatic heterocycles. The lowest BCUT2D eigenvalue weighted by molar-refractivity contribution is -0.115. The molecule has 1 aliphatic carbocycles. The van der Waals surface area contributed by atoms with Crippen molar-refractivity contribution >= 4 is 23.4 Å². The summed E-state index contributed by atoms with van der Waals surface area (Å²) < 4.78 is 0. The summed E-state index contributed by atoms with van der Waals surface area (Å²) in [4.78, 5) is 13.4. The van der Waals surface area contributed by atoms with Crippen molar-refractivity contribution in [1.82, 2.24) is 0 Å². The summed E-state index contributed by atoms with van der Waals surface area (Å²) in [6.45, 7) is 0. The maximum Gasteiger partial charge on any atom is 0.228 e. The number of fused-ring (bicyclic) bond motifs is 1. The Bertz CT molecular complexity index is 681. The molecule has 0 radical (unpaired) electrons. The lowest BCUT2D eigenvalue weighted by Crippen LogP contribution is -2.15. The minimum absolute atomic E-state index is 0.0530. The molecule has 0 heterocycles. The Kier molecular flexibility index (Phi) is 4.84. The molecule has 22 heavy (non-hydrogen) atoms. The number of aryl methyl sites for hydroxylation is 2. The molecule has 0 bridgehead atoms. The van der Waals surface area contributed by atoms with E-state index in [1.807, 2.05) is 30.5 Å². The van der Waals surface area contributed by atoms with Gasteiger partial charge in [0.1, 0.15) is 0 Å². The van der Waals surface area contributed by atoms with Crippen molar-refractivity contribution in [3.05, 3.63) is 59.2 Å². The Balaban J connectivity index is 1.69. The number of hydrogen-bond donors (Lipinski definition) is 1. The summed E-state index contributed by atoms with van der Waals surface area (Å²) in [6.07, 6.45) is 7.36. The van der Waals surface area contributed by atoms with Crippen LogP contribution in [0.5, 0.6) is 0 Å². The van der Waals surface area contributed by atoms with Gasteiger partial charge >= 0.3 is 0 Å². The molecule has 0 atom stereocenters. The van der Waals surface area contributed by atoms with E-state index in [4.69, 9.17) is 0 Å². The second-order valence-corrected chi connectivity index (χ2v) is 6.58. The highest BCUT2D eigenvalue weighted by Gasteiger charge is 2.12. The number of nitrogens with one attached hydrogen (secondary N) is 1. The van der Waals surface area contributed by atoms with Crippen LogP contribution < -0.4 is 5.32 Å². The third kappa shape index (κ3) is 3.53. The molecular weight excluding hydrogens is 290 g/mol. The first-order chi connectivity index (χ1) is 10.8. The summed E-state index contributed by atoms with van der Waals surface area (Å²) in [7, 11) is 0. The maximum atomic E-state index is 12.3. The van der Waals surface area contributed by atoms with Gasteiger partial charge in [0, 0.05) is 4.90 Å². The van der Waals surface area contributed by atoms with Crippen molar-refractivity contribution in [1.29, 1.82) is 0 Å². The van der Waals surface area contributed by atoms with E-state index in [9.17, 15) is 4.79 Å². The second-order valence-electron chi connectivity index (χ2n) is 5.74. The molecule has 3 heteroatoms. The van der Waals surface area contributed by atoms with E-state index in [-0.39, 0.29) is 5.91 Å². The van der Waals surface area contributed by atoms with E-state index < -0.39 is 0 Å². The Labute approximate surface area is 136 Å². The van der Waals surface area contributed by atoms with E-state index in [1.54, 1.807) is 11.8 Å². The minimum Gasteiger partial charge on any atom is -0.325 e. The number of amides is 1. The summed E-state index contributed by atoms with van der Waals surface area (Å²) >= 11 is 1.65. The molecule has 1 aliphatic rings. The van der Waals surface area contributed by atoms with Crippen LogP contribution in [0.25, 0.3) is 0 Å². The number of anilines is 1. The first kappa shape index (κ1) is 15.2. The monoisotopic (exact) mass is 311 g/mol. The van der Waals surface area contributed by atoms with Gasteiger partial charge in [-0.1, -0.05) is 30.3 Å². The van der Waals surface area contributed by atoms with Gasteiger partial charge in [0.05, 0.1) is 12.1 Å². The molecule has 2 aromatic rings. The third-order valence-corrected chi connectivity index (χ3v) is 4.95. The zero-order valence-corrected chi connectivity index (χ0v) is 13.7. The summed E-state index contributed by atoms with van der Waals surface area (Å²) in [6, 6.07) is 14.4. The van der Waals surface area contributed by atoms with Crippen LogP contribution in [0.4, 0.5) is 5.69 Å². The topological polar surface area (TPSA) is 29.1 Å². The first-order valence-corrected chi connectivity index (χ1v) is 9.02. The van der Waals surface area contributed by atoms with Crippen molar-refractivity contribution < 1.29 is 4.79 Å². The fourth-order valence-electron chi connectivity index (χ4n) is 3.02. The fraction of sp³-hybridized carbons (Fsp3) is 0.316. The number of benzene rings is 2. The van der Waals surface area contributed by atoms with Crippen molar-refractivity contribution in [3.63, 3.8) is 0 Å². The van der Waals surface area contributed by atoms with Crippen LogP contribution in [0.1, 0.15) is 29.5 Å². The van der Waals surface area contributed by atoms with Gasteiger partial charge < -0.3 is 5.32 Å². The van der Waals surface area contributed by atoms with Crippen LogP contribution in [-0.4, -0.2) is 12.2 Å². The quantitative estimate of drug-likeness (QED) is 0.844. The van der Waals surface area contributed by atoms with Crippen LogP contribution in [0, 0.1) is 0 Å². The van der Waals surface area contributed by atoms with Crippen LogP contribution in [0.15, 0.2) is 47.4 Å². The SMILES string of the molecule is CSc1ccccc1NC(=O)Cc1ccc2c(c1)CCCC2. The van der Waals surface area contributed by atoms with Crippen LogP contribution in [0.2, 0.25) is 0 Å². The van der Waals surface area contributed by atoms with Gasteiger partial charge in [-0.3, -0.25) is 4.79 Å². The molecule has 1 N–H and O–H groups in total. The molecular formula is C19H21NOS. The Morgan fingerprint density at radius 3 is 2.68 bits per heavy atom. The summed E-state index contributed by atoms with van der Waals surface area (Å²) in [5.41, 5.74) is 4.90. The molecule has 2 nitrogen and oxygen atoms in total. The fourth-order valence-corrected chi connectivity index (χ4v) is 3.58. The normalized spacial score (nSPS) is 13.5. The molecule has 3 rings (SSSR count). The second kappa shape index (κ2) is 7.01. The zero-order valence-electron chi connectivity index (χ0n) is 12.9. The average molecular weight is 311 g/mol. The number of thioether (sulfide) groups is 1. The molecule has 0 saturated heterocycles. The van der Waals surface area contributed by atoms with Gasteiger partial charge in [0.15, 0.2) is 0 Å². The first-order valence-electron chi connectivity index (χ1n) is 7.80. The summed E-state index contributed by atoms with van der Waals surface area (Å²) in [5, 5.41) is 3.03. The Morgan fingerprint density at radius 1 is 1.09 bits per heavy atom. The largest absolute Gasteiger partial charge is 0.325 e. The Morgan fingerprint density at radius 2 is 1.86 bits per heavy atom. The third-order valence-electron chi connectivity index (χ3n) is 4.16. The smallest absolute Gasteiger partial charge is 0.228 e.